The van der Waals surface area contributed by atoms with E-state index >= 15 is 0 Å². The van der Waals surface area contributed by atoms with Gasteiger partial charge < -0.3 is 45.2 Å². The second kappa shape index (κ2) is 11.0. The molecule has 4 fully saturated rings. The normalized spacial score (nSPS) is 51.0. The molecule has 12 nitrogen and oxygen atoms in total. The molecule has 1 aliphatic heterocycles. The Morgan fingerprint density at radius 1 is 0.854 bits per heavy atom. The number of aliphatic hydroxyl groups excluding tert-OH is 4. The standard InChI is InChI=1S/C36H52O12/c1-31(2)11-12-36(30(45)46)18(14-31)17-7-8-22-32(3)15-20(38)26(48-28-25(40)19(37)13-21(47-28)27(41)42)35(6,29(43)44)23(32)9-10-33(22,4)34(17,5)16-24(36)39/h7,13,18-20,22-26,28,37-40H,8-12,14-16H2,1-6H3,(H,41,42)(H,43,44)(H,45,46). The van der Waals surface area contributed by atoms with Gasteiger partial charge in [0.1, 0.15) is 23.7 Å². The summed E-state index contributed by atoms with van der Waals surface area (Å²) in [6, 6.07) is 0. The monoisotopic (exact) mass is 676 g/mol. The molecule has 7 N–H and O–H groups in total. The van der Waals surface area contributed by atoms with Crippen LogP contribution in [0.5, 0.6) is 0 Å². The topological polar surface area (TPSA) is 211 Å². The van der Waals surface area contributed by atoms with Gasteiger partial charge in [-0.05, 0) is 104 Å². The Morgan fingerprint density at radius 3 is 2.12 bits per heavy atom. The summed E-state index contributed by atoms with van der Waals surface area (Å²) in [7, 11) is 0. The van der Waals surface area contributed by atoms with Crippen molar-refractivity contribution in [1.82, 2.24) is 0 Å². The minimum Gasteiger partial charge on any atom is -0.481 e. The highest BCUT2D eigenvalue weighted by molar-refractivity contribution is 5.84. The van der Waals surface area contributed by atoms with Gasteiger partial charge in [-0.15, -0.1) is 0 Å². The molecule has 5 aliphatic carbocycles. The average Bonchev–Trinajstić information content (AvgIpc) is 2.96. The first kappa shape index (κ1) is 35.3. The molecule has 48 heavy (non-hydrogen) atoms. The highest BCUT2D eigenvalue weighted by Gasteiger charge is 2.73. The molecule has 0 spiro atoms. The number of ether oxygens (including phenoxy) is 2. The van der Waals surface area contributed by atoms with Crippen molar-refractivity contribution in [3.05, 3.63) is 23.5 Å². The molecule has 14 atom stereocenters. The van der Waals surface area contributed by atoms with Gasteiger partial charge in [-0.3, -0.25) is 9.59 Å². The van der Waals surface area contributed by atoms with E-state index < -0.39 is 93.5 Å². The highest BCUT2D eigenvalue weighted by Crippen LogP contribution is 2.76. The van der Waals surface area contributed by atoms with Crippen molar-refractivity contribution < 1.29 is 59.6 Å². The van der Waals surface area contributed by atoms with Crippen molar-refractivity contribution in [3.63, 3.8) is 0 Å². The Bertz CT molecular complexity index is 1450. The SMILES string of the molecule is CC1(C)CCC2(C(=O)O)C(O)CC3(C)C(=CCC4C5(C)CC(O)C(OC6OC(C(=O)O)=CC(O)C6O)C(C)(C(=O)O)C5CCC43C)C2C1. The minimum absolute atomic E-state index is 0.0949. The van der Waals surface area contributed by atoms with Crippen LogP contribution in [-0.4, -0.2) is 90.5 Å². The average molecular weight is 677 g/mol. The smallest absolute Gasteiger partial charge is 0.371 e. The van der Waals surface area contributed by atoms with Crippen molar-refractivity contribution in [2.45, 2.75) is 130 Å². The zero-order valence-electron chi connectivity index (χ0n) is 28.7. The number of hydrogen-bond donors (Lipinski definition) is 7. The van der Waals surface area contributed by atoms with Gasteiger partial charge in [0.2, 0.25) is 12.0 Å². The summed E-state index contributed by atoms with van der Waals surface area (Å²) < 4.78 is 11.3. The lowest BCUT2D eigenvalue weighted by atomic mass is 9.33. The van der Waals surface area contributed by atoms with E-state index in [2.05, 4.69) is 33.8 Å². The van der Waals surface area contributed by atoms with Crippen molar-refractivity contribution in [2.75, 3.05) is 0 Å². The summed E-state index contributed by atoms with van der Waals surface area (Å²) in [5.74, 6) is -5.31. The van der Waals surface area contributed by atoms with Crippen LogP contribution in [-0.2, 0) is 23.9 Å². The highest BCUT2D eigenvalue weighted by atomic mass is 16.7. The van der Waals surface area contributed by atoms with Gasteiger partial charge in [0.05, 0.1) is 17.6 Å². The summed E-state index contributed by atoms with van der Waals surface area (Å²) >= 11 is 0. The van der Waals surface area contributed by atoms with Gasteiger partial charge in [-0.1, -0.05) is 46.3 Å². The molecule has 0 bridgehead atoms. The van der Waals surface area contributed by atoms with E-state index in [1.165, 1.54) is 6.92 Å². The third-order valence-corrected chi connectivity index (χ3v) is 14.8. The lowest BCUT2D eigenvalue weighted by Gasteiger charge is -2.71. The van der Waals surface area contributed by atoms with Crippen molar-refractivity contribution in [2.24, 2.45) is 50.2 Å². The van der Waals surface area contributed by atoms with E-state index in [0.29, 0.717) is 38.5 Å². The van der Waals surface area contributed by atoms with Crippen LogP contribution in [0.4, 0.5) is 0 Å². The first-order chi connectivity index (χ1) is 22.1. The zero-order chi connectivity index (χ0) is 35.6. The maximum absolute atomic E-state index is 13.3. The Labute approximate surface area is 280 Å². The molecule has 0 saturated heterocycles. The van der Waals surface area contributed by atoms with Gasteiger partial charge in [0, 0.05) is 0 Å². The van der Waals surface area contributed by atoms with E-state index in [4.69, 9.17) is 9.47 Å². The Morgan fingerprint density at radius 2 is 1.52 bits per heavy atom. The van der Waals surface area contributed by atoms with Gasteiger partial charge >= 0.3 is 17.9 Å². The number of rotatable bonds is 5. The summed E-state index contributed by atoms with van der Waals surface area (Å²) in [6.45, 7) is 12.2. The van der Waals surface area contributed by atoms with E-state index in [1.807, 2.05) is 6.92 Å². The summed E-state index contributed by atoms with van der Waals surface area (Å²) in [4.78, 5) is 37.9. The van der Waals surface area contributed by atoms with Gasteiger partial charge in [0.15, 0.2) is 0 Å². The fraction of sp³-hybridized carbons (Fsp3) is 0.806. The molecule has 0 aromatic carbocycles. The summed E-state index contributed by atoms with van der Waals surface area (Å²) in [5, 5.41) is 75.5. The van der Waals surface area contributed by atoms with Crippen molar-refractivity contribution in [3.8, 4) is 0 Å². The fourth-order valence-corrected chi connectivity index (χ4v) is 12.0. The molecule has 0 amide bonds. The van der Waals surface area contributed by atoms with Crippen LogP contribution < -0.4 is 0 Å². The summed E-state index contributed by atoms with van der Waals surface area (Å²) in [6.07, 6.45) is -2.11. The first-order valence-corrected chi connectivity index (χ1v) is 17.3. The molecule has 4 saturated carbocycles. The predicted molar refractivity (Wildman–Crippen MR) is 169 cm³/mol. The molecule has 14 unspecified atom stereocenters. The lowest BCUT2D eigenvalue weighted by Crippen LogP contribution is -2.70. The van der Waals surface area contributed by atoms with E-state index in [1.54, 1.807) is 0 Å². The number of allylic oxidation sites excluding steroid dienone is 2. The number of carbonyl (C=O) groups is 3. The van der Waals surface area contributed by atoms with Crippen LogP contribution in [0.15, 0.2) is 23.5 Å². The van der Waals surface area contributed by atoms with Crippen LogP contribution >= 0.6 is 0 Å². The van der Waals surface area contributed by atoms with Gasteiger partial charge in [-0.25, -0.2) is 4.79 Å². The minimum atomic E-state index is -1.73. The van der Waals surface area contributed by atoms with Crippen molar-refractivity contribution in [1.29, 1.82) is 0 Å². The van der Waals surface area contributed by atoms with Crippen LogP contribution in [0.1, 0.15) is 92.9 Å². The number of carboxylic acid groups (broad SMARTS) is 3. The fourth-order valence-electron chi connectivity index (χ4n) is 12.0. The van der Waals surface area contributed by atoms with Crippen LogP contribution in [0.25, 0.3) is 0 Å². The third kappa shape index (κ3) is 4.54. The molecular formula is C36H52O12. The Hall–Kier alpha value is -2.51. The Kier molecular flexibility index (Phi) is 8.09. The number of hydrogen-bond acceptors (Lipinski definition) is 9. The van der Waals surface area contributed by atoms with E-state index in [9.17, 15) is 50.1 Å². The lowest BCUT2D eigenvalue weighted by molar-refractivity contribution is -0.297. The molecule has 268 valence electrons. The van der Waals surface area contributed by atoms with E-state index in [-0.39, 0.29) is 30.1 Å². The second-order valence-corrected chi connectivity index (χ2v) is 17.5. The van der Waals surface area contributed by atoms with Crippen LogP contribution in [0.2, 0.25) is 0 Å². The van der Waals surface area contributed by atoms with E-state index in [0.717, 1.165) is 11.6 Å². The zero-order valence-corrected chi connectivity index (χ0v) is 28.7. The molecular weight excluding hydrogens is 624 g/mol. The third-order valence-electron chi connectivity index (χ3n) is 14.8. The Balaban J connectivity index is 1.39. The maximum Gasteiger partial charge on any atom is 0.371 e. The van der Waals surface area contributed by atoms with Gasteiger partial charge in [-0.2, -0.15) is 0 Å². The number of carboxylic acids is 3. The molecule has 0 aromatic heterocycles. The van der Waals surface area contributed by atoms with Gasteiger partial charge in [0.25, 0.3) is 0 Å². The molecule has 12 heteroatoms. The summed E-state index contributed by atoms with van der Waals surface area (Å²) in [5.41, 5.74) is -3.73. The molecule has 6 aliphatic rings. The first-order valence-electron chi connectivity index (χ1n) is 17.3. The maximum atomic E-state index is 13.3. The number of aliphatic carboxylic acids is 3. The van der Waals surface area contributed by atoms with Crippen LogP contribution in [0, 0.1) is 50.2 Å². The largest absolute Gasteiger partial charge is 0.481 e. The molecule has 0 aromatic rings. The number of fused-ring (bicyclic) bond motifs is 7. The quantitative estimate of drug-likeness (QED) is 0.209. The van der Waals surface area contributed by atoms with Crippen LogP contribution in [0.3, 0.4) is 0 Å². The second-order valence-electron chi connectivity index (χ2n) is 17.5. The van der Waals surface area contributed by atoms with Crippen molar-refractivity contribution >= 4 is 17.9 Å². The molecule has 1 heterocycles. The molecule has 0 radical (unpaired) electrons. The molecule has 6 rings (SSSR count). The predicted octanol–water partition coefficient (Wildman–Crippen LogP) is 3.31. The number of aliphatic hydroxyl groups is 4.